The van der Waals surface area contributed by atoms with Crippen LogP contribution >= 0.6 is 24.0 Å². The smallest absolute Gasteiger partial charge is 0.191 e. The molecule has 0 amide bonds. The molecular weight excluding hydrogens is 393 g/mol. The number of likely N-dealkylation sites (tertiary alicyclic amines) is 1. The van der Waals surface area contributed by atoms with Crippen molar-refractivity contribution in [3.63, 3.8) is 0 Å². The Kier molecular flexibility index (Phi) is 6.49. The molecule has 3 rings (SSSR count). The average Bonchev–Trinajstić information content (AvgIpc) is 3.04. The standard InChI is InChI=1S/C15H25N5O.HI/c1-3-16-15(17-9-12-6-7-21-19-12)18-13-8-11(2)20(10-13)14-4-5-14;/h6-7,11,13-14H,3-5,8-10H2,1-2H3,(H2,16,17,18);1H. The summed E-state index contributed by atoms with van der Waals surface area (Å²) in [5, 5.41) is 10.8. The van der Waals surface area contributed by atoms with E-state index in [2.05, 4.69) is 39.5 Å². The van der Waals surface area contributed by atoms with Crippen LogP contribution in [0.2, 0.25) is 0 Å². The molecule has 2 N–H and O–H groups in total. The first-order valence-electron chi connectivity index (χ1n) is 7.96. The molecule has 6 nitrogen and oxygen atoms in total. The number of aromatic nitrogens is 1. The minimum atomic E-state index is 0. The lowest BCUT2D eigenvalue weighted by atomic mass is 10.2. The molecule has 2 atom stereocenters. The summed E-state index contributed by atoms with van der Waals surface area (Å²) in [6.07, 6.45) is 5.51. The van der Waals surface area contributed by atoms with E-state index in [1.165, 1.54) is 19.3 Å². The molecule has 1 aromatic rings. The van der Waals surface area contributed by atoms with Crippen LogP contribution in [0.3, 0.4) is 0 Å². The summed E-state index contributed by atoms with van der Waals surface area (Å²) in [5.41, 5.74) is 0.853. The number of hydrogen-bond acceptors (Lipinski definition) is 4. The summed E-state index contributed by atoms with van der Waals surface area (Å²) >= 11 is 0. The van der Waals surface area contributed by atoms with E-state index >= 15 is 0 Å². The molecule has 2 fully saturated rings. The minimum Gasteiger partial charge on any atom is -0.364 e. The van der Waals surface area contributed by atoms with Crippen LogP contribution in [-0.4, -0.2) is 47.2 Å². The number of aliphatic imine (C=N–C) groups is 1. The predicted octanol–water partition coefficient (Wildman–Crippen LogP) is 1.97. The Morgan fingerprint density at radius 1 is 1.50 bits per heavy atom. The van der Waals surface area contributed by atoms with Crippen molar-refractivity contribution in [2.75, 3.05) is 13.1 Å². The van der Waals surface area contributed by atoms with Crippen molar-refractivity contribution in [1.82, 2.24) is 20.7 Å². The third-order valence-electron chi connectivity index (χ3n) is 4.21. The molecule has 2 heterocycles. The number of guanidine groups is 1. The summed E-state index contributed by atoms with van der Waals surface area (Å²) in [4.78, 5) is 7.22. The molecular formula is C15H26IN5O. The van der Waals surface area contributed by atoms with Gasteiger partial charge in [-0.2, -0.15) is 0 Å². The zero-order valence-corrected chi connectivity index (χ0v) is 15.6. The van der Waals surface area contributed by atoms with Gasteiger partial charge in [0.1, 0.15) is 12.0 Å². The summed E-state index contributed by atoms with van der Waals surface area (Å²) in [7, 11) is 0. The Morgan fingerprint density at radius 3 is 2.95 bits per heavy atom. The number of hydrogen-bond donors (Lipinski definition) is 2. The van der Waals surface area contributed by atoms with Crippen molar-refractivity contribution in [3.05, 3.63) is 18.0 Å². The maximum absolute atomic E-state index is 4.83. The molecule has 1 aliphatic carbocycles. The second kappa shape index (κ2) is 8.14. The van der Waals surface area contributed by atoms with Gasteiger partial charge < -0.3 is 15.2 Å². The number of nitrogens with one attached hydrogen (secondary N) is 2. The first-order valence-corrected chi connectivity index (χ1v) is 7.96. The van der Waals surface area contributed by atoms with Gasteiger partial charge in [0, 0.05) is 37.3 Å². The van der Waals surface area contributed by atoms with Crippen molar-refractivity contribution in [3.8, 4) is 0 Å². The van der Waals surface area contributed by atoms with E-state index in [4.69, 9.17) is 4.52 Å². The van der Waals surface area contributed by atoms with Gasteiger partial charge in [0.15, 0.2) is 5.96 Å². The molecule has 0 radical (unpaired) electrons. The molecule has 0 spiro atoms. The molecule has 7 heteroatoms. The third-order valence-corrected chi connectivity index (χ3v) is 4.21. The molecule has 0 bridgehead atoms. The van der Waals surface area contributed by atoms with Crippen molar-refractivity contribution in [2.24, 2.45) is 4.99 Å². The fraction of sp³-hybridized carbons (Fsp3) is 0.733. The van der Waals surface area contributed by atoms with E-state index in [-0.39, 0.29) is 24.0 Å². The maximum Gasteiger partial charge on any atom is 0.191 e. The predicted molar refractivity (Wildman–Crippen MR) is 97.5 cm³/mol. The number of rotatable bonds is 5. The van der Waals surface area contributed by atoms with Gasteiger partial charge in [0.25, 0.3) is 0 Å². The first-order chi connectivity index (χ1) is 10.3. The highest BCUT2D eigenvalue weighted by Gasteiger charge is 2.38. The van der Waals surface area contributed by atoms with Crippen LogP contribution in [-0.2, 0) is 6.54 Å². The summed E-state index contributed by atoms with van der Waals surface area (Å²) in [6, 6.07) is 3.84. The third kappa shape index (κ3) is 4.58. The Hall–Kier alpha value is -0.830. The molecule has 124 valence electrons. The second-order valence-corrected chi connectivity index (χ2v) is 6.04. The highest BCUT2D eigenvalue weighted by atomic mass is 127. The van der Waals surface area contributed by atoms with Gasteiger partial charge in [-0.3, -0.25) is 4.90 Å². The Labute approximate surface area is 149 Å². The van der Waals surface area contributed by atoms with Gasteiger partial charge >= 0.3 is 0 Å². The van der Waals surface area contributed by atoms with Crippen LogP contribution in [0, 0.1) is 0 Å². The van der Waals surface area contributed by atoms with Crippen molar-refractivity contribution in [2.45, 2.75) is 57.8 Å². The van der Waals surface area contributed by atoms with E-state index in [1.54, 1.807) is 6.26 Å². The fourth-order valence-corrected chi connectivity index (χ4v) is 3.07. The van der Waals surface area contributed by atoms with Gasteiger partial charge in [-0.1, -0.05) is 5.16 Å². The van der Waals surface area contributed by atoms with E-state index < -0.39 is 0 Å². The van der Waals surface area contributed by atoms with E-state index in [1.807, 2.05) is 6.07 Å². The lowest BCUT2D eigenvalue weighted by Gasteiger charge is -2.20. The quantitative estimate of drug-likeness (QED) is 0.434. The van der Waals surface area contributed by atoms with Crippen LogP contribution in [0.15, 0.2) is 21.8 Å². The molecule has 2 unspecified atom stereocenters. The Bertz CT molecular complexity index is 474. The largest absolute Gasteiger partial charge is 0.364 e. The lowest BCUT2D eigenvalue weighted by molar-refractivity contribution is 0.256. The van der Waals surface area contributed by atoms with Gasteiger partial charge in [-0.15, -0.1) is 24.0 Å². The number of nitrogens with zero attached hydrogens (tertiary/aromatic N) is 3. The fourth-order valence-electron chi connectivity index (χ4n) is 3.07. The van der Waals surface area contributed by atoms with Crippen molar-refractivity contribution >= 4 is 29.9 Å². The molecule has 22 heavy (non-hydrogen) atoms. The van der Waals surface area contributed by atoms with Crippen LogP contribution in [0.4, 0.5) is 0 Å². The topological polar surface area (TPSA) is 65.7 Å². The molecule has 1 saturated carbocycles. The normalized spacial score (nSPS) is 25.8. The SMILES string of the molecule is CCNC(=NCc1ccon1)NC1CC(C)N(C2CC2)C1.I. The Balaban J connectivity index is 0.00000176. The van der Waals surface area contributed by atoms with E-state index in [0.717, 1.165) is 30.8 Å². The van der Waals surface area contributed by atoms with Gasteiger partial charge in [-0.05, 0) is 33.1 Å². The van der Waals surface area contributed by atoms with Gasteiger partial charge in [-0.25, -0.2) is 4.99 Å². The summed E-state index contributed by atoms with van der Waals surface area (Å²) in [5.74, 6) is 0.871. The highest BCUT2D eigenvalue weighted by molar-refractivity contribution is 14.0. The van der Waals surface area contributed by atoms with Crippen molar-refractivity contribution < 1.29 is 4.52 Å². The van der Waals surface area contributed by atoms with Crippen LogP contribution in [0.25, 0.3) is 0 Å². The highest BCUT2D eigenvalue weighted by Crippen LogP contribution is 2.33. The van der Waals surface area contributed by atoms with Crippen molar-refractivity contribution in [1.29, 1.82) is 0 Å². The van der Waals surface area contributed by atoms with Crippen LogP contribution in [0.5, 0.6) is 0 Å². The van der Waals surface area contributed by atoms with Gasteiger partial charge in [0.2, 0.25) is 0 Å². The zero-order valence-electron chi connectivity index (χ0n) is 13.3. The average molecular weight is 419 g/mol. The van der Waals surface area contributed by atoms with Crippen LogP contribution < -0.4 is 10.6 Å². The monoisotopic (exact) mass is 419 g/mol. The number of halogens is 1. The zero-order chi connectivity index (χ0) is 14.7. The van der Waals surface area contributed by atoms with Crippen LogP contribution in [0.1, 0.15) is 38.8 Å². The molecule has 0 aromatic carbocycles. The molecule has 2 aliphatic rings. The van der Waals surface area contributed by atoms with E-state index in [9.17, 15) is 0 Å². The molecule has 1 saturated heterocycles. The first kappa shape index (κ1) is 17.5. The molecule has 1 aromatic heterocycles. The Morgan fingerprint density at radius 2 is 2.32 bits per heavy atom. The lowest BCUT2D eigenvalue weighted by Crippen LogP contribution is -2.44. The minimum absolute atomic E-state index is 0. The summed E-state index contributed by atoms with van der Waals surface area (Å²) in [6.45, 7) is 6.94. The maximum atomic E-state index is 4.83. The second-order valence-electron chi connectivity index (χ2n) is 6.04. The molecule has 1 aliphatic heterocycles. The van der Waals surface area contributed by atoms with E-state index in [0.29, 0.717) is 18.6 Å². The summed E-state index contributed by atoms with van der Waals surface area (Å²) < 4.78 is 4.83. The van der Waals surface area contributed by atoms with Gasteiger partial charge in [0.05, 0.1) is 6.54 Å².